The summed E-state index contributed by atoms with van der Waals surface area (Å²) in [5.74, 6) is 0.940. The second kappa shape index (κ2) is 3.44. The molecule has 0 radical (unpaired) electrons. The zero-order valence-corrected chi connectivity index (χ0v) is 9.08. The van der Waals surface area contributed by atoms with Crippen LogP contribution in [0.1, 0.15) is 24.8 Å². The molecule has 0 saturated heterocycles. The maximum atomic E-state index is 6.09. The summed E-state index contributed by atoms with van der Waals surface area (Å²) in [6.07, 6.45) is 5.31. The van der Waals surface area contributed by atoms with E-state index in [1.54, 1.807) is 0 Å². The monoisotopic (exact) mass is 202 g/mol. The Morgan fingerprint density at radius 2 is 2.20 bits per heavy atom. The quantitative estimate of drug-likeness (QED) is 0.746. The number of aryl methyl sites for hydroxylation is 1. The molecule has 2 heteroatoms. The van der Waals surface area contributed by atoms with Gasteiger partial charge in [0.15, 0.2) is 0 Å². The van der Waals surface area contributed by atoms with E-state index in [9.17, 15) is 0 Å². The van der Waals surface area contributed by atoms with Crippen molar-refractivity contribution < 1.29 is 0 Å². The van der Waals surface area contributed by atoms with Gasteiger partial charge in [-0.05, 0) is 43.2 Å². The number of hydrogen-bond acceptors (Lipinski definition) is 2. The summed E-state index contributed by atoms with van der Waals surface area (Å²) in [7, 11) is 0. The highest BCUT2D eigenvalue weighted by Crippen LogP contribution is 2.37. The molecule has 0 spiro atoms. The zero-order chi connectivity index (χ0) is 10.3. The highest BCUT2D eigenvalue weighted by molar-refractivity contribution is 5.72. The van der Waals surface area contributed by atoms with Gasteiger partial charge in [0.25, 0.3) is 0 Å². The minimum atomic E-state index is 0.940. The lowest BCUT2D eigenvalue weighted by molar-refractivity contribution is 0.659. The number of anilines is 2. The van der Waals surface area contributed by atoms with Crippen molar-refractivity contribution in [2.75, 3.05) is 23.7 Å². The lowest BCUT2D eigenvalue weighted by Gasteiger charge is -2.32. The maximum Gasteiger partial charge on any atom is 0.0632 e. The van der Waals surface area contributed by atoms with Crippen LogP contribution in [-0.4, -0.2) is 13.1 Å². The largest absolute Gasteiger partial charge is 0.397 e. The highest BCUT2D eigenvalue weighted by Gasteiger charge is 2.27. The second-order valence-electron chi connectivity index (χ2n) is 4.85. The molecule has 1 aromatic carbocycles. The van der Waals surface area contributed by atoms with Crippen LogP contribution in [0.15, 0.2) is 18.2 Å². The number of nitrogen functional groups attached to an aromatic ring is 1. The van der Waals surface area contributed by atoms with Gasteiger partial charge < -0.3 is 10.6 Å². The van der Waals surface area contributed by atoms with E-state index in [1.807, 2.05) is 6.07 Å². The summed E-state index contributed by atoms with van der Waals surface area (Å²) >= 11 is 0. The third-order valence-electron chi connectivity index (χ3n) is 3.52. The number of nitrogens with two attached hydrogens (primary N) is 1. The second-order valence-corrected chi connectivity index (χ2v) is 4.85. The Morgan fingerprint density at radius 1 is 1.33 bits per heavy atom. The van der Waals surface area contributed by atoms with Gasteiger partial charge in [-0.15, -0.1) is 0 Å². The molecule has 80 valence electrons. The predicted molar refractivity (Wildman–Crippen MR) is 64.1 cm³/mol. The number of hydrogen-bond donors (Lipinski definition) is 1. The molecule has 2 aliphatic rings. The molecule has 1 heterocycles. The Hall–Kier alpha value is -1.18. The number of para-hydroxylation sites is 1. The fourth-order valence-electron chi connectivity index (χ4n) is 2.57. The van der Waals surface area contributed by atoms with E-state index in [-0.39, 0.29) is 0 Å². The van der Waals surface area contributed by atoms with Crippen LogP contribution in [-0.2, 0) is 6.42 Å². The van der Waals surface area contributed by atoms with Gasteiger partial charge in [0, 0.05) is 13.1 Å². The Balaban J connectivity index is 1.93. The first kappa shape index (κ1) is 9.08. The molecule has 0 unspecified atom stereocenters. The molecule has 1 saturated carbocycles. The summed E-state index contributed by atoms with van der Waals surface area (Å²) in [5, 5.41) is 0. The standard InChI is InChI=1S/C13H18N2/c14-12-5-1-3-11-4-2-8-15(13(11)12)9-10-6-7-10/h1,3,5,10H,2,4,6-9,14H2. The fourth-order valence-corrected chi connectivity index (χ4v) is 2.57. The van der Waals surface area contributed by atoms with Gasteiger partial charge in [0.1, 0.15) is 0 Å². The van der Waals surface area contributed by atoms with E-state index < -0.39 is 0 Å². The average Bonchev–Trinajstić information content (AvgIpc) is 3.02. The van der Waals surface area contributed by atoms with E-state index in [1.165, 1.54) is 50.0 Å². The van der Waals surface area contributed by atoms with Crippen molar-refractivity contribution in [1.82, 2.24) is 0 Å². The lowest BCUT2D eigenvalue weighted by Crippen LogP contribution is -2.32. The first-order chi connectivity index (χ1) is 7.34. The molecule has 1 aliphatic heterocycles. The van der Waals surface area contributed by atoms with Gasteiger partial charge in [-0.25, -0.2) is 0 Å². The van der Waals surface area contributed by atoms with Crippen molar-refractivity contribution in [3.05, 3.63) is 23.8 Å². The van der Waals surface area contributed by atoms with Crippen molar-refractivity contribution in [2.24, 2.45) is 5.92 Å². The summed E-state index contributed by atoms with van der Waals surface area (Å²) in [5.41, 5.74) is 9.83. The van der Waals surface area contributed by atoms with Crippen LogP contribution < -0.4 is 10.6 Å². The molecule has 0 amide bonds. The van der Waals surface area contributed by atoms with E-state index in [0.29, 0.717) is 0 Å². The summed E-state index contributed by atoms with van der Waals surface area (Å²) in [6, 6.07) is 6.34. The molecule has 0 bridgehead atoms. The van der Waals surface area contributed by atoms with Crippen LogP contribution in [0.5, 0.6) is 0 Å². The van der Waals surface area contributed by atoms with Crippen molar-refractivity contribution in [2.45, 2.75) is 25.7 Å². The molecular formula is C13H18N2. The number of benzene rings is 1. The van der Waals surface area contributed by atoms with Gasteiger partial charge >= 0.3 is 0 Å². The van der Waals surface area contributed by atoms with Crippen LogP contribution in [0.3, 0.4) is 0 Å². The molecule has 1 aliphatic carbocycles. The van der Waals surface area contributed by atoms with Crippen molar-refractivity contribution in [3.8, 4) is 0 Å². The molecular weight excluding hydrogens is 184 g/mol. The highest BCUT2D eigenvalue weighted by atomic mass is 15.1. The third kappa shape index (κ3) is 1.69. The summed E-state index contributed by atoms with van der Waals surface area (Å²) < 4.78 is 0. The zero-order valence-electron chi connectivity index (χ0n) is 9.08. The molecule has 15 heavy (non-hydrogen) atoms. The summed E-state index contributed by atoms with van der Waals surface area (Å²) in [4.78, 5) is 2.51. The normalized spacial score (nSPS) is 20.1. The van der Waals surface area contributed by atoms with E-state index in [4.69, 9.17) is 5.73 Å². The van der Waals surface area contributed by atoms with Crippen molar-refractivity contribution in [3.63, 3.8) is 0 Å². The van der Waals surface area contributed by atoms with Crippen molar-refractivity contribution >= 4 is 11.4 Å². The van der Waals surface area contributed by atoms with E-state index in [0.717, 1.165) is 11.6 Å². The smallest absolute Gasteiger partial charge is 0.0632 e. The van der Waals surface area contributed by atoms with Gasteiger partial charge in [-0.2, -0.15) is 0 Å². The van der Waals surface area contributed by atoms with E-state index >= 15 is 0 Å². The van der Waals surface area contributed by atoms with E-state index in [2.05, 4.69) is 17.0 Å². The molecule has 0 aromatic heterocycles. The van der Waals surface area contributed by atoms with Gasteiger partial charge in [-0.3, -0.25) is 0 Å². The van der Waals surface area contributed by atoms with Crippen LogP contribution in [0, 0.1) is 5.92 Å². The van der Waals surface area contributed by atoms with Crippen LogP contribution in [0.2, 0.25) is 0 Å². The molecule has 3 rings (SSSR count). The SMILES string of the molecule is Nc1cccc2c1N(CC1CC1)CCC2. The minimum absolute atomic E-state index is 0.940. The Morgan fingerprint density at radius 3 is 3.00 bits per heavy atom. The summed E-state index contributed by atoms with van der Waals surface area (Å²) in [6.45, 7) is 2.42. The molecule has 0 atom stereocenters. The lowest BCUT2D eigenvalue weighted by atomic mass is 10.0. The van der Waals surface area contributed by atoms with Gasteiger partial charge in [0.05, 0.1) is 11.4 Å². The Kier molecular flexibility index (Phi) is 2.08. The minimum Gasteiger partial charge on any atom is -0.397 e. The molecule has 2 N–H and O–H groups in total. The van der Waals surface area contributed by atoms with Crippen molar-refractivity contribution in [1.29, 1.82) is 0 Å². The Labute approximate surface area is 91.1 Å². The molecule has 1 fully saturated rings. The number of fused-ring (bicyclic) bond motifs is 1. The Bertz CT molecular complexity index is 369. The first-order valence-electron chi connectivity index (χ1n) is 5.97. The first-order valence-corrected chi connectivity index (χ1v) is 5.97. The topological polar surface area (TPSA) is 29.3 Å². The maximum absolute atomic E-state index is 6.09. The third-order valence-corrected chi connectivity index (χ3v) is 3.52. The van der Waals surface area contributed by atoms with Crippen LogP contribution in [0.4, 0.5) is 11.4 Å². The van der Waals surface area contributed by atoms with Crippen LogP contribution >= 0.6 is 0 Å². The fraction of sp³-hybridized carbons (Fsp3) is 0.538. The van der Waals surface area contributed by atoms with Gasteiger partial charge in [0.2, 0.25) is 0 Å². The number of nitrogens with zero attached hydrogens (tertiary/aromatic N) is 1. The van der Waals surface area contributed by atoms with Crippen LogP contribution in [0.25, 0.3) is 0 Å². The molecule has 2 nitrogen and oxygen atoms in total. The predicted octanol–water partition coefficient (Wildman–Crippen LogP) is 2.43. The van der Waals surface area contributed by atoms with Gasteiger partial charge in [-0.1, -0.05) is 12.1 Å². The average molecular weight is 202 g/mol. The molecule has 1 aromatic rings. The number of rotatable bonds is 2.